The number of amides is 1. The Bertz CT molecular complexity index is 906. The van der Waals surface area contributed by atoms with Crippen molar-refractivity contribution in [2.45, 2.75) is 38.5 Å². The molecule has 1 aliphatic carbocycles. The van der Waals surface area contributed by atoms with Crippen molar-refractivity contribution in [1.29, 1.82) is 0 Å². The van der Waals surface area contributed by atoms with E-state index in [0.29, 0.717) is 6.42 Å². The number of hydroxylamine groups is 1. The third kappa shape index (κ3) is 6.39. The van der Waals surface area contributed by atoms with Crippen LogP contribution in [0.25, 0.3) is 5.57 Å². The Morgan fingerprint density at radius 2 is 1.87 bits per heavy atom. The van der Waals surface area contributed by atoms with Crippen LogP contribution in [-0.2, 0) is 4.79 Å². The van der Waals surface area contributed by atoms with Crippen molar-refractivity contribution in [3.63, 3.8) is 0 Å². The van der Waals surface area contributed by atoms with Crippen LogP contribution in [0.5, 0.6) is 0 Å². The summed E-state index contributed by atoms with van der Waals surface area (Å²) in [7, 11) is 0. The van der Waals surface area contributed by atoms with Crippen LogP contribution in [0.15, 0.2) is 73.1 Å². The van der Waals surface area contributed by atoms with Crippen molar-refractivity contribution < 1.29 is 10.0 Å². The number of rotatable bonds is 10. The van der Waals surface area contributed by atoms with E-state index in [4.69, 9.17) is 5.21 Å². The topological polar surface area (TPSA) is 78.4 Å². The van der Waals surface area contributed by atoms with Gasteiger partial charge in [0.2, 0.25) is 5.91 Å². The first-order valence-corrected chi connectivity index (χ1v) is 10.4. The molecule has 156 valence electrons. The highest BCUT2D eigenvalue weighted by atomic mass is 16.5. The molecule has 3 rings (SSSR count). The molecular weight excluding hydrogens is 376 g/mol. The molecule has 6 nitrogen and oxygen atoms in total. The van der Waals surface area contributed by atoms with Crippen LogP contribution in [0.4, 0.5) is 11.6 Å². The van der Waals surface area contributed by atoms with Gasteiger partial charge in [-0.3, -0.25) is 10.0 Å². The average molecular weight is 405 g/mol. The van der Waals surface area contributed by atoms with Crippen LogP contribution >= 0.6 is 0 Å². The number of hydrogen-bond donors (Lipinski definition) is 2. The summed E-state index contributed by atoms with van der Waals surface area (Å²) < 4.78 is 0. The molecule has 0 aromatic carbocycles. The summed E-state index contributed by atoms with van der Waals surface area (Å²) in [6, 6.07) is 10.1. The summed E-state index contributed by atoms with van der Waals surface area (Å²) in [5.41, 5.74) is 4.09. The zero-order valence-corrected chi connectivity index (χ0v) is 17.1. The number of aromatic nitrogens is 2. The van der Waals surface area contributed by atoms with E-state index in [-0.39, 0.29) is 5.91 Å². The Morgan fingerprint density at radius 1 is 1.00 bits per heavy atom. The maximum absolute atomic E-state index is 11.1. The van der Waals surface area contributed by atoms with Gasteiger partial charge < -0.3 is 4.90 Å². The van der Waals surface area contributed by atoms with Gasteiger partial charge in [0.15, 0.2) is 0 Å². The molecule has 0 bridgehead atoms. The predicted octanol–water partition coefficient (Wildman–Crippen LogP) is 4.97. The molecule has 2 aromatic heterocycles. The highest BCUT2D eigenvalue weighted by Gasteiger charge is 2.13. The minimum Gasteiger partial charge on any atom is -0.311 e. The maximum atomic E-state index is 11.1. The Balaban J connectivity index is 1.69. The molecular formula is C24H28N4O2. The lowest BCUT2D eigenvalue weighted by molar-refractivity contribution is -0.129. The molecule has 2 N–H and O–H groups in total. The highest BCUT2D eigenvalue weighted by Crippen LogP contribution is 2.27. The second-order valence-corrected chi connectivity index (χ2v) is 7.15. The van der Waals surface area contributed by atoms with Crippen molar-refractivity contribution in [2.24, 2.45) is 0 Å². The minimum atomic E-state index is -0.330. The summed E-state index contributed by atoms with van der Waals surface area (Å²) in [5.74, 6) is 1.42. The summed E-state index contributed by atoms with van der Waals surface area (Å²) in [4.78, 5) is 22.4. The van der Waals surface area contributed by atoms with Gasteiger partial charge in [0, 0.05) is 25.4 Å². The van der Waals surface area contributed by atoms with Gasteiger partial charge in [-0.2, -0.15) is 0 Å². The minimum absolute atomic E-state index is 0.330. The third-order valence-corrected chi connectivity index (χ3v) is 4.97. The van der Waals surface area contributed by atoms with Crippen molar-refractivity contribution in [3.8, 4) is 0 Å². The van der Waals surface area contributed by atoms with E-state index in [2.05, 4.69) is 45.2 Å². The van der Waals surface area contributed by atoms with E-state index in [1.54, 1.807) is 11.7 Å². The highest BCUT2D eigenvalue weighted by molar-refractivity contribution is 5.74. The molecule has 0 radical (unpaired) electrons. The number of pyridine rings is 2. The zero-order chi connectivity index (χ0) is 21.0. The van der Waals surface area contributed by atoms with Crippen LogP contribution in [-0.4, -0.2) is 27.6 Å². The summed E-state index contributed by atoms with van der Waals surface area (Å²) >= 11 is 0. The van der Waals surface area contributed by atoms with Gasteiger partial charge in [-0.05, 0) is 54.7 Å². The van der Waals surface area contributed by atoms with Crippen LogP contribution in [0.3, 0.4) is 0 Å². The van der Waals surface area contributed by atoms with Crippen LogP contribution in [0, 0.1) is 0 Å². The van der Waals surface area contributed by atoms with Gasteiger partial charge in [-0.15, -0.1) is 0 Å². The Hall–Kier alpha value is -3.25. The van der Waals surface area contributed by atoms with E-state index in [1.165, 1.54) is 5.57 Å². The fraction of sp³-hybridized carbons (Fsp3) is 0.292. The molecule has 2 aromatic rings. The van der Waals surface area contributed by atoms with Gasteiger partial charge in [0.1, 0.15) is 11.6 Å². The first-order chi connectivity index (χ1) is 14.8. The lowest BCUT2D eigenvalue weighted by Gasteiger charge is -2.23. The summed E-state index contributed by atoms with van der Waals surface area (Å²) in [6.07, 6.45) is 19.0. The fourth-order valence-corrected chi connectivity index (χ4v) is 3.38. The zero-order valence-electron chi connectivity index (χ0n) is 17.1. The second-order valence-electron chi connectivity index (χ2n) is 7.15. The molecule has 0 saturated heterocycles. The maximum Gasteiger partial charge on any atom is 0.243 e. The molecule has 0 atom stereocenters. The van der Waals surface area contributed by atoms with Crippen LogP contribution in [0.2, 0.25) is 0 Å². The number of carbonyl (C=O) groups excluding carboxylic acids is 1. The number of carbonyl (C=O) groups is 1. The van der Waals surface area contributed by atoms with Crippen molar-refractivity contribution in [3.05, 3.63) is 78.7 Å². The molecule has 1 aliphatic rings. The van der Waals surface area contributed by atoms with Crippen LogP contribution < -0.4 is 10.4 Å². The normalized spacial score (nSPS) is 12.9. The van der Waals surface area contributed by atoms with Gasteiger partial charge in [0.05, 0.1) is 0 Å². The second kappa shape index (κ2) is 11.7. The smallest absolute Gasteiger partial charge is 0.243 e. The fourth-order valence-electron chi connectivity index (χ4n) is 3.38. The van der Waals surface area contributed by atoms with E-state index in [0.717, 1.165) is 55.8 Å². The third-order valence-electron chi connectivity index (χ3n) is 4.97. The first kappa shape index (κ1) is 21.5. The standard InChI is InChI=1S/C24H28N4O2/c29-24(27-30)14-7-3-4-10-18-28(22-13-8-9-16-25-22)23-19-21(15-17-26-23)20-11-5-1-2-6-12-20/h1-2,5-6,8-9,11,13,15-17,19,30H,3-4,7,10,12,14,18H2,(H,27,29). The lowest BCUT2D eigenvalue weighted by Crippen LogP contribution is -2.21. The van der Waals surface area contributed by atoms with E-state index >= 15 is 0 Å². The van der Waals surface area contributed by atoms with Gasteiger partial charge in [0.25, 0.3) is 0 Å². The number of allylic oxidation sites excluding steroid dienone is 6. The lowest BCUT2D eigenvalue weighted by atomic mass is 10.0. The molecule has 6 heteroatoms. The van der Waals surface area contributed by atoms with Crippen LogP contribution in [0.1, 0.15) is 44.1 Å². The number of anilines is 2. The Kier molecular flexibility index (Phi) is 8.35. The monoisotopic (exact) mass is 404 g/mol. The molecule has 0 unspecified atom stereocenters. The number of nitrogens with one attached hydrogen (secondary N) is 1. The first-order valence-electron chi connectivity index (χ1n) is 10.4. The van der Waals surface area contributed by atoms with Crippen molar-refractivity contribution in [2.75, 3.05) is 11.4 Å². The molecule has 0 aliphatic heterocycles. The summed E-state index contributed by atoms with van der Waals surface area (Å²) in [6.45, 7) is 0.790. The Morgan fingerprint density at radius 3 is 2.70 bits per heavy atom. The quantitative estimate of drug-likeness (QED) is 0.332. The number of unbranched alkanes of at least 4 members (excludes halogenated alkanes) is 3. The molecule has 0 spiro atoms. The number of hydrogen-bond acceptors (Lipinski definition) is 5. The van der Waals surface area contributed by atoms with E-state index in [1.807, 2.05) is 36.5 Å². The summed E-state index contributed by atoms with van der Waals surface area (Å²) in [5, 5.41) is 8.56. The van der Waals surface area contributed by atoms with E-state index < -0.39 is 0 Å². The molecule has 0 fully saturated rings. The largest absolute Gasteiger partial charge is 0.311 e. The molecule has 1 amide bonds. The predicted molar refractivity (Wildman–Crippen MR) is 119 cm³/mol. The van der Waals surface area contributed by atoms with Crippen molar-refractivity contribution >= 4 is 23.1 Å². The molecule has 0 saturated carbocycles. The number of nitrogens with zero attached hydrogens (tertiary/aromatic N) is 3. The van der Waals surface area contributed by atoms with Gasteiger partial charge in [-0.1, -0.05) is 49.3 Å². The van der Waals surface area contributed by atoms with Crippen molar-refractivity contribution in [1.82, 2.24) is 15.4 Å². The van der Waals surface area contributed by atoms with Gasteiger partial charge in [-0.25, -0.2) is 15.4 Å². The SMILES string of the molecule is O=C(CCCCCCN(c1ccccn1)c1cc(C2=CC=CC=CC2)ccn1)NO. The average Bonchev–Trinajstić information content (AvgIpc) is 3.09. The molecule has 2 heterocycles. The van der Waals surface area contributed by atoms with E-state index in [9.17, 15) is 4.79 Å². The van der Waals surface area contributed by atoms with Gasteiger partial charge >= 0.3 is 0 Å². The molecule has 30 heavy (non-hydrogen) atoms. The Labute approximate surface area is 177 Å².